The number of carboxylic acid groups (broad SMARTS) is 1. The Morgan fingerprint density at radius 2 is 1.58 bits per heavy atom. The highest BCUT2D eigenvalue weighted by molar-refractivity contribution is 5.71. The first-order valence-corrected chi connectivity index (χ1v) is 3.36. The van der Waals surface area contributed by atoms with Gasteiger partial charge in [0, 0.05) is 0 Å². The summed E-state index contributed by atoms with van der Waals surface area (Å²) in [6, 6.07) is 0. The molecule has 0 aliphatic rings. The van der Waals surface area contributed by atoms with Gasteiger partial charge >= 0.3 is 12.1 Å². The van der Waals surface area contributed by atoms with E-state index < -0.39 is 23.5 Å². The standard InChI is InChI=1S/C7H11F3O2/c1-6(2,3)4(5(11)12)7(8,9)10/h4H,1-3H3,(H,11,12)/t4-/m1/s1. The molecule has 0 aromatic carbocycles. The van der Waals surface area contributed by atoms with Gasteiger partial charge in [-0.05, 0) is 5.41 Å². The van der Waals surface area contributed by atoms with Crippen LogP contribution in [0, 0.1) is 11.3 Å². The van der Waals surface area contributed by atoms with Crippen molar-refractivity contribution in [3.63, 3.8) is 0 Å². The molecule has 0 amide bonds. The summed E-state index contributed by atoms with van der Waals surface area (Å²) >= 11 is 0. The first-order chi connectivity index (χ1) is 5.07. The molecule has 0 aromatic rings. The van der Waals surface area contributed by atoms with Gasteiger partial charge in [-0.2, -0.15) is 13.2 Å². The van der Waals surface area contributed by atoms with Crippen molar-refractivity contribution in [2.75, 3.05) is 0 Å². The molecule has 1 atom stereocenters. The zero-order valence-electron chi connectivity index (χ0n) is 7.07. The van der Waals surface area contributed by atoms with Gasteiger partial charge in [0.25, 0.3) is 0 Å². The minimum Gasteiger partial charge on any atom is -0.481 e. The lowest BCUT2D eigenvalue weighted by Gasteiger charge is -2.28. The molecule has 0 aliphatic carbocycles. The molecular formula is C7H11F3O2. The third-order valence-corrected chi connectivity index (χ3v) is 1.44. The summed E-state index contributed by atoms with van der Waals surface area (Å²) < 4.78 is 36.3. The number of carboxylic acids is 1. The SMILES string of the molecule is CC(C)(C)[C@@H](C(=O)O)C(F)(F)F. The molecule has 2 nitrogen and oxygen atoms in total. The van der Waals surface area contributed by atoms with E-state index in [0.717, 1.165) is 0 Å². The topological polar surface area (TPSA) is 37.3 Å². The van der Waals surface area contributed by atoms with Crippen molar-refractivity contribution in [1.82, 2.24) is 0 Å². The van der Waals surface area contributed by atoms with Crippen LogP contribution in [-0.4, -0.2) is 17.3 Å². The minimum atomic E-state index is -4.68. The number of carbonyl (C=O) groups is 1. The summed E-state index contributed by atoms with van der Waals surface area (Å²) in [6.07, 6.45) is -4.68. The molecule has 0 rings (SSSR count). The summed E-state index contributed by atoms with van der Waals surface area (Å²) in [5, 5.41) is 8.32. The monoisotopic (exact) mass is 184 g/mol. The molecule has 0 unspecified atom stereocenters. The van der Waals surface area contributed by atoms with Crippen molar-refractivity contribution >= 4 is 5.97 Å². The smallest absolute Gasteiger partial charge is 0.402 e. The van der Waals surface area contributed by atoms with E-state index in [1.54, 1.807) is 0 Å². The average molecular weight is 184 g/mol. The molecule has 0 aliphatic heterocycles. The van der Waals surface area contributed by atoms with Crippen LogP contribution in [0.15, 0.2) is 0 Å². The Kier molecular flexibility index (Phi) is 2.77. The molecule has 1 N–H and O–H groups in total. The molecule has 72 valence electrons. The van der Waals surface area contributed by atoms with Gasteiger partial charge in [-0.15, -0.1) is 0 Å². The highest BCUT2D eigenvalue weighted by Gasteiger charge is 2.51. The number of alkyl halides is 3. The van der Waals surface area contributed by atoms with Crippen LogP contribution < -0.4 is 0 Å². The quantitative estimate of drug-likeness (QED) is 0.678. The van der Waals surface area contributed by atoms with Gasteiger partial charge in [0.1, 0.15) is 0 Å². The lowest BCUT2D eigenvalue weighted by molar-refractivity contribution is -0.212. The molecule has 0 saturated carbocycles. The van der Waals surface area contributed by atoms with Gasteiger partial charge in [-0.3, -0.25) is 4.79 Å². The van der Waals surface area contributed by atoms with Crippen LogP contribution in [0.4, 0.5) is 13.2 Å². The van der Waals surface area contributed by atoms with Crippen LogP contribution in [0.1, 0.15) is 20.8 Å². The fourth-order valence-electron chi connectivity index (χ4n) is 1.00. The Hall–Kier alpha value is -0.740. The Bertz CT molecular complexity index is 164. The Morgan fingerprint density at radius 1 is 1.25 bits per heavy atom. The van der Waals surface area contributed by atoms with E-state index in [1.165, 1.54) is 20.8 Å². The molecule has 0 saturated heterocycles. The number of hydrogen-bond acceptors (Lipinski definition) is 1. The van der Waals surface area contributed by atoms with E-state index in [2.05, 4.69) is 0 Å². The molecule has 0 fully saturated rings. The van der Waals surface area contributed by atoms with Crippen LogP contribution in [0.2, 0.25) is 0 Å². The van der Waals surface area contributed by atoms with Gasteiger partial charge in [-0.1, -0.05) is 20.8 Å². The summed E-state index contributed by atoms with van der Waals surface area (Å²) in [5.74, 6) is -4.13. The normalized spacial score (nSPS) is 15.8. The van der Waals surface area contributed by atoms with E-state index in [-0.39, 0.29) is 0 Å². The lowest BCUT2D eigenvalue weighted by Crippen LogP contribution is -2.40. The highest BCUT2D eigenvalue weighted by atomic mass is 19.4. The molecule has 0 radical (unpaired) electrons. The van der Waals surface area contributed by atoms with Crippen LogP contribution in [-0.2, 0) is 4.79 Å². The maximum atomic E-state index is 12.1. The maximum absolute atomic E-state index is 12.1. The number of aliphatic carboxylic acids is 1. The molecule has 0 spiro atoms. The van der Waals surface area contributed by atoms with Gasteiger partial charge in [0.05, 0.1) is 0 Å². The number of hydrogen-bond donors (Lipinski definition) is 1. The second-order valence-corrected chi connectivity index (χ2v) is 3.68. The summed E-state index contributed by atoms with van der Waals surface area (Å²) in [4.78, 5) is 10.3. The third kappa shape index (κ3) is 2.71. The van der Waals surface area contributed by atoms with Gasteiger partial charge in [0.15, 0.2) is 5.92 Å². The largest absolute Gasteiger partial charge is 0.481 e. The number of rotatable bonds is 1. The second-order valence-electron chi connectivity index (χ2n) is 3.68. The van der Waals surface area contributed by atoms with Crippen molar-refractivity contribution in [3.8, 4) is 0 Å². The van der Waals surface area contributed by atoms with Crippen molar-refractivity contribution in [2.24, 2.45) is 11.3 Å². The molecule has 0 bridgehead atoms. The molecular weight excluding hydrogens is 173 g/mol. The average Bonchev–Trinajstić information content (AvgIpc) is 1.49. The maximum Gasteiger partial charge on any atom is 0.402 e. The Labute approximate surface area is 68.4 Å². The summed E-state index contributed by atoms with van der Waals surface area (Å²) in [7, 11) is 0. The van der Waals surface area contributed by atoms with E-state index in [4.69, 9.17) is 5.11 Å². The first-order valence-electron chi connectivity index (χ1n) is 3.36. The van der Waals surface area contributed by atoms with Crippen LogP contribution in [0.25, 0.3) is 0 Å². The molecule has 0 heterocycles. The fraction of sp³-hybridized carbons (Fsp3) is 0.857. The lowest BCUT2D eigenvalue weighted by atomic mass is 9.80. The highest BCUT2D eigenvalue weighted by Crippen LogP contribution is 2.39. The minimum absolute atomic E-state index is 1.25. The predicted octanol–water partition coefficient (Wildman–Crippen LogP) is 2.30. The summed E-state index contributed by atoms with van der Waals surface area (Å²) in [5.41, 5.74) is -1.30. The molecule has 5 heteroatoms. The fourth-order valence-corrected chi connectivity index (χ4v) is 1.00. The van der Waals surface area contributed by atoms with Crippen molar-refractivity contribution < 1.29 is 23.1 Å². The molecule has 12 heavy (non-hydrogen) atoms. The second kappa shape index (κ2) is 2.95. The zero-order valence-corrected chi connectivity index (χ0v) is 7.07. The van der Waals surface area contributed by atoms with Crippen molar-refractivity contribution in [1.29, 1.82) is 0 Å². The Balaban J connectivity index is 4.82. The summed E-state index contributed by atoms with van der Waals surface area (Å²) in [6.45, 7) is 3.75. The van der Waals surface area contributed by atoms with Crippen LogP contribution >= 0.6 is 0 Å². The predicted molar refractivity (Wildman–Crippen MR) is 36.6 cm³/mol. The van der Waals surface area contributed by atoms with Gasteiger partial charge in [0.2, 0.25) is 0 Å². The number of halogens is 3. The van der Waals surface area contributed by atoms with Gasteiger partial charge < -0.3 is 5.11 Å². The van der Waals surface area contributed by atoms with Crippen LogP contribution in [0.3, 0.4) is 0 Å². The Morgan fingerprint density at radius 3 is 1.58 bits per heavy atom. The zero-order chi connectivity index (χ0) is 10.2. The van der Waals surface area contributed by atoms with Gasteiger partial charge in [-0.25, -0.2) is 0 Å². The first kappa shape index (κ1) is 11.3. The van der Waals surface area contributed by atoms with Crippen molar-refractivity contribution in [3.05, 3.63) is 0 Å². The molecule has 0 aromatic heterocycles. The van der Waals surface area contributed by atoms with E-state index in [9.17, 15) is 18.0 Å². The van der Waals surface area contributed by atoms with E-state index in [0.29, 0.717) is 0 Å². The van der Waals surface area contributed by atoms with E-state index in [1.807, 2.05) is 0 Å². The van der Waals surface area contributed by atoms with Crippen LogP contribution in [0.5, 0.6) is 0 Å². The third-order valence-electron chi connectivity index (χ3n) is 1.44. The van der Waals surface area contributed by atoms with E-state index >= 15 is 0 Å². The van der Waals surface area contributed by atoms with Crippen molar-refractivity contribution in [2.45, 2.75) is 26.9 Å².